The molecule has 0 aromatic heterocycles. The Morgan fingerprint density at radius 1 is 0.600 bits per heavy atom. The van der Waals surface area contributed by atoms with Crippen molar-refractivity contribution < 1.29 is 21.7 Å². The monoisotopic (exact) mass is 560 g/mol. The van der Waals surface area contributed by atoms with Crippen molar-refractivity contribution in [3.05, 3.63) is 121 Å². The van der Waals surface area contributed by atoms with Gasteiger partial charge in [0.25, 0.3) is 0 Å². The van der Waals surface area contributed by atoms with Gasteiger partial charge in [0.15, 0.2) is 0 Å². The number of fused-ring (bicyclic) bond motifs is 6. The van der Waals surface area contributed by atoms with Crippen molar-refractivity contribution in [1.82, 2.24) is 0 Å². The van der Waals surface area contributed by atoms with Gasteiger partial charge in [-0.05, 0) is 10.8 Å². The Labute approximate surface area is 257 Å². The Balaban J connectivity index is 0.000000437. The SMILES string of the molecule is Cc1[cH-]c2ccc3ccccc3c2c1C(C)(C)c1c(C)[cH-]c2ccc3ccccc3c12.[CH2-]CCC.[CH2-]CCC.[Ti+4]. The fourth-order valence-electron chi connectivity index (χ4n) is 6.12. The van der Waals surface area contributed by atoms with Crippen LogP contribution in [0.25, 0.3) is 43.1 Å². The van der Waals surface area contributed by atoms with Crippen LogP contribution < -0.4 is 0 Å². The number of aryl methyl sites for hydroxylation is 2. The first-order valence-electron chi connectivity index (χ1n) is 14.5. The molecule has 0 saturated carbocycles. The summed E-state index contributed by atoms with van der Waals surface area (Å²) in [7, 11) is 0. The molecule has 6 rings (SSSR count). The first-order valence-corrected chi connectivity index (χ1v) is 14.5. The van der Waals surface area contributed by atoms with Crippen molar-refractivity contribution in [3.8, 4) is 0 Å². The van der Waals surface area contributed by atoms with Crippen LogP contribution in [0.15, 0.2) is 84.9 Å². The molecule has 0 aliphatic rings. The van der Waals surface area contributed by atoms with Gasteiger partial charge in [0.1, 0.15) is 0 Å². The Bertz CT molecular complexity index is 1560. The van der Waals surface area contributed by atoms with Crippen LogP contribution >= 0.6 is 0 Å². The van der Waals surface area contributed by atoms with E-state index in [1.165, 1.54) is 78.2 Å². The van der Waals surface area contributed by atoms with Gasteiger partial charge in [-0.15, -0.1) is 68.1 Å². The summed E-state index contributed by atoms with van der Waals surface area (Å²) >= 11 is 0. The molecule has 0 saturated heterocycles. The van der Waals surface area contributed by atoms with Gasteiger partial charge in [-0.1, -0.05) is 131 Å². The minimum atomic E-state index is -0.119. The average Bonchev–Trinajstić information content (AvgIpc) is 3.50. The van der Waals surface area contributed by atoms with Crippen LogP contribution in [-0.4, -0.2) is 0 Å². The third kappa shape index (κ3) is 6.00. The molecule has 0 radical (unpaired) electrons. The smallest absolute Gasteiger partial charge is 0.343 e. The Morgan fingerprint density at radius 2 is 0.950 bits per heavy atom. The van der Waals surface area contributed by atoms with Crippen LogP contribution in [0.3, 0.4) is 0 Å². The van der Waals surface area contributed by atoms with Crippen LogP contribution in [0, 0.1) is 27.7 Å². The van der Waals surface area contributed by atoms with Crippen molar-refractivity contribution in [3.63, 3.8) is 0 Å². The second-order valence-corrected chi connectivity index (χ2v) is 11.2. The quantitative estimate of drug-likeness (QED) is 0.149. The number of hydrogen-bond acceptors (Lipinski definition) is 0. The number of benzene rings is 4. The zero-order valence-corrected chi connectivity index (χ0v) is 26.9. The topological polar surface area (TPSA) is 0 Å². The van der Waals surface area contributed by atoms with Crippen LogP contribution in [0.5, 0.6) is 0 Å². The summed E-state index contributed by atoms with van der Waals surface area (Å²) in [6.07, 6.45) is 4.56. The number of unbranched alkanes of at least 4 members (excludes halogenated alkanes) is 2. The molecule has 0 N–H and O–H groups in total. The molecule has 0 spiro atoms. The van der Waals surface area contributed by atoms with Gasteiger partial charge in [-0.3, -0.25) is 0 Å². The van der Waals surface area contributed by atoms with Gasteiger partial charge in [0.2, 0.25) is 0 Å². The van der Waals surface area contributed by atoms with E-state index >= 15 is 0 Å². The fourth-order valence-corrected chi connectivity index (χ4v) is 6.12. The maximum absolute atomic E-state index is 3.60. The van der Waals surface area contributed by atoms with Gasteiger partial charge >= 0.3 is 21.7 Å². The third-order valence-corrected chi connectivity index (χ3v) is 7.91. The molecule has 204 valence electrons. The van der Waals surface area contributed by atoms with Gasteiger partial charge in [-0.25, -0.2) is 0 Å². The largest absolute Gasteiger partial charge is 4.00 e. The van der Waals surface area contributed by atoms with E-state index in [2.05, 4.69) is 140 Å². The van der Waals surface area contributed by atoms with E-state index in [9.17, 15) is 0 Å². The number of hydrogen-bond donors (Lipinski definition) is 0. The molecule has 0 fully saturated rings. The van der Waals surface area contributed by atoms with Crippen LogP contribution in [0.4, 0.5) is 0 Å². The molecule has 0 nitrogen and oxygen atoms in total. The number of rotatable bonds is 4. The van der Waals surface area contributed by atoms with E-state index in [0.29, 0.717) is 0 Å². The molecule has 0 heterocycles. The van der Waals surface area contributed by atoms with Crippen molar-refractivity contribution in [1.29, 1.82) is 0 Å². The van der Waals surface area contributed by atoms with Gasteiger partial charge in [-0.2, -0.15) is 12.8 Å². The maximum Gasteiger partial charge on any atom is 4.00 e. The predicted octanol–water partition coefficient (Wildman–Crippen LogP) is 11.9. The normalized spacial score (nSPS) is 11.2. The molecule has 0 aliphatic carbocycles. The second-order valence-electron chi connectivity index (χ2n) is 11.2. The summed E-state index contributed by atoms with van der Waals surface area (Å²) in [5.41, 5.74) is 5.56. The minimum absolute atomic E-state index is 0. The summed E-state index contributed by atoms with van der Waals surface area (Å²) in [6.45, 7) is 20.8. The predicted molar refractivity (Wildman–Crippen MR) is 176 cm³/mol. The summed E-state index contributed by atoms with van der Waals surface area (Å²) in [6, 6.07) is 31.4. The van der Waals surface area contributed by atoms with E-state index in [0.717, 1.165) is 12.8 Å². The first-order chi connectivity index (χ1) is 18.8. The Morgan fingerprint density at radius 3 is 1.30 bits per heavy atom. The summed E-state index contributed by atoms with van der Waals surface area (Å²) in [4.78, 5) is 0. The molecule has 1 heteroatoms. The average molecular weight is 561 g/mol. The minimum Gasteiger partial charge on any atom is -0.343 e. The molecule has 0 aliphatic heterocycles. The zero-order valence-electron chi connectivity index (χ0n) is 25.3. The Kier molecular flexibility index (Phi) is 11.0. The van der Waals surface area contributed by atoms with Crippen molar-refractivity contribution in [2.45, 2.75) is 72.6 Å². The second kappa shape index (κ2) is 13.8. The molecule has 0 amide bonds. The van der Waals surface area contributed by atoms with Crippen LogP contribution in [0.2, 0.25) is 0 Å². The van der Waals surface area contributed by atoms with E-state index in [1.807, 2.05) is 0 Å². The molecule has 6 aromatic rings. The molecule has 40 heavy (non-hydrogen) atoms. The van der Waals surface area contributed by atoms with Crippen molar-refractivity contribution in [2.75, 3.05) is 0 Å². The van der Waals surface area contributed by atoms with Crippen molar-refractivity contribution >= 4 is 43.1 Å². The summed E-state index contributed by atoms with van der Waals surface area (Å²) in [5, 5.41) is 10.8. The molecule has 0 atom stereocenters. The van der Waals surface area contributed by atoms with E-state index in [1.54, 1.807) is 0 Å². The zero-order chi connectivity index (χ0) is 28.2. The van der Waals surface area contributed by atoms with Crippen molar-refractivity contribution in [2.24, 2.45) is 0 Å². The standard InChI is InChI=1S/C31H26.2C4H9.Ti/c1-19-17-23-15-13-21-9-5-7-11-25(21)27(23)29(19)31(3,4)30-20(2)18-24-16-14-22-10-6-8-12-26(22)28(24)30;2*1-3-4-2;/h5-18H,1-4H3;2*1,3-4H2,2H3;/q-2;2*-1;+4. The van der Waals surface area contributed by atoms with Gasteiger partial charge in [0.05, 0.1) is 0 Å². The fraction of sp³-hybridized carbons (Fsp3) is 0.282. The summed E-state index contributed by atoms with van der Waals surface area (Å²) < 4.78 is 0. The van der Waals surface area contributed by atoms with Gasteiger partial charge in [0, 0.05) is 0 Å². The van der Waals surface area contributed by atoms with Crippen LogP contribution in [0.1, 0.15) is 75.6 Å². The molecular formula is C39H44Ti. The molecule has 6 aromatic carbocycles. The first kappa shape index (κ1) is 31.9. The Hall–Kier alpha value is -2.67. The van der Waals surface area contributed by atoms with Gasteiger partial charge < -0.3 is 13.8 Å². The molecular weight excluding hydrogens is 516 g/mol. The third-order valence-electron chi connectivity index (χ3n) is 7.91. The van der Waals surface area contributed by atoms with Crippen LogP contribution in [-0.2, 0) is 27.1 Å². The van der Waals surface area contributed by atoms with E-state index in [4.69, 9.17) is 0 Å². The maximum atomic E-state index is 3.60. The summed E-state index contributed by atoms with van der Waals surface area (Å²) in [5.74, 6) is 0. The van der Waals surface area contributed by atoms with E-state index in [-0.39, 0.29) is 27.1 Å². The molecule has 0 bridgehead atoms. The molecule has 0 unspecified atom stereocenters. The van der Waals surface area contributed by atoms with E-state index < -0.39 is 0 Å².